The molecule has 1 N–H and O–H groups in total. The summed E-state index contributed by atoms with van der Waals surface area (Å²) in [5.74, 6) is 0.758. The zero-order valence-corrected chi connectivity index (χ0v) is 9.73. The maximum absolute atomic E-state index is 10.6. The zero-order valence-electron chi connectivity index (χ0n) is 8.21. The zero-order chi connectivity index (χ0) is 10.3. The molecule has 1 unspecified atom stereocenters. The van der Waals surface area contributed by atoms with E-state index in [4.69, 9.17) is 11.6 Å². The van der Waals surface area contributed by atoms with E-state index in [0.29, 0.717) is 11.3 Å². The Morgan fingerprint density at radius 3 is 2.80 bits per heavy atom. The highest BCUT2D eigenvalue weighted by molar-refractivity contribution is 6.33. The first-order valence-corrected chi connectivity index (χ1v) is 4.56. The van der Waals surface area contributed by atoms with Gasteiger partial charge in [0.25, 0.3) is 5.82 Å². The Bertz CT molecular complexity index is 445. The van der Waals surface area contributed by atoms with E-state index in [1.165, 1.54) is 0 Å². The molecule has 6 heteroatoms. The van der Waals surface area contributed by atoms with Crippen LogP contribution in [-0.2, 0) is 0 Å². The molecule has 0 saturated heterocycles. The molecular formula is C9H9Cl2N3O. The lowest BCUT2D eigenvalue weighted by Gasteiger charge is -2.02. The number of rotatable bonds is 1. The van der Waals surface area contributed by atoms with Crippen molar-refractivity contribution in [2.24, 2.45) is 5.10 Å². The first-order chi connectivity index (χ1) is 6.63. The third-order valence-electron chi connectivity index (χ3n) is 2.18. The van der Waals surface area contributed by atoms with Crippen LogP contribution in [0.2, 0.25) is 5.02 Å². The summed E-state index contributed by atoms with van der Waals surface area (Å²) in [7, 11) is 1.87. The molecule has 1 aromatic rings. The molecule has 2 heterocycles. The first-order valence-electron chi connectivity index (χ1n) is 4.19. The lowest BCUT2D eigenvalue weighted by molar-refractivity contribution is -0.817. The van der Waals surface area contributed by atoms with Crippen LogP contribution in [0.4, 0.5) is 5.82 Å². The number of hydrogen-bond donors (Lipinski definition) is 1. The summed E-state index contributed by atoms with van der Waals surface area (Å²) in [6, 6.07) is 1.74. The number of halogens is 2. The summed E-state index contributed by atoms with van der Waals surface area (Å²) >= 11 is 5.86. The molecule has 0 saturated carbocycles. The maximum Gasteiger partial charge on any atom is 0.262 e. The highest BCUT2D eigenvalue weighted by Gasteiger charge is 2.26. The Hall–Kier alpha value is -0.970. The van der Waals surface area contributed by atoms with Crippen LogP contribution in [0, 0.1) is 0 Å². The minimum Gasteiger partial charge on any atom is -1.00 e. The Kier molecular flexibility index (Phi) is 3.44. The molecule has 0 fully saturated rings. The van der Waals surface area contributed by atoms with Crippen molar-refractivity contribution in [1.82, 2.24) is 4.98 Å². The molecular weight excluding hydrogens is 237 g/mol. The largest absolute Gasteiger partial charge is 1.00 e. The molecule has 0 aromatic carbocycles. The Morgan fingerprint density at radius 1 is 1.53 bits per heavy atom. The third-order valence-corrected chi connectivity index (χ3v) is 2.49. The first kappa shape index (κ1) is 12.1. The molecule has 4 nitrogen and oxygen atoms in total. The highest BCUT2D eigenvalue weighted by atomic mass is 35.5. The van der Waals surface area contributed by atoms with Crippen molar-refractivity contribution in [1.29, 1.82) is 0 Å². The molecule has 1 aliphatic rings. The lowest BCUT2D eigenvalue weighted by atomic mass is 10.2. The van der Waals surface area contributed by atoms with Crippen LogP contribution in [0.5, 0.6) is 0 Å². The van der Waals surface area contributed by atoms with E-state index in [9.17, 15) is 4.79 Å². The van der Waals surface area contributed by atoms with Crippen LogP contribution in [0.15, 0.2) is 11.2 Å². The highest BCUT2D eigenvalue weighted by Crippen LogP contribution is 2.21. The molecule has 0 bridgehead atoms. The molecule has 2 rings (SSSR count). The van der Waals surface area contributed by atoms with E-state index < -0.39 is 0 Å². The van der Waals surface area contributed by atoms with Gasteiger partial charge in [0.15, 0.2) is 6.29 Å². The Labute approximate surface area is 98.3 Å². The van der Waals surface area contributed by atoms with Crippen molar-refractivity contribution in [2.75, 3.05) is 7.05 Å². The van der Waals surface area contributed by atoms with E-state index in [1.54, 1.807) is 6.07 Å². The number of quaternary nitrogens is 1. The van der Waals surface area contributed by atoms with Crippen LogP contribution < -0.4 is 17.4 Å². The Balaban J connectivity index is 0.00000112. The summed E-state index contributed by atoms with van der Waals surface area (Å²) in [6.45, 7) is 1.90. The van der Waals surface area contributed by atoms with E-state index in [2.05, 4.69) is 10.1 Å². The van der Waals surface area contributed by atoms with Gasteiger partial charge in [-0.25, -0.2) is 0 Å². The van der Waals surface area contributed by atoms with Gasteiger partial charge in [-0.2, -0.15) is 9.99 Å². The van der Waals surface area contributed by atoms with Gasteiger partial charge in [0, 0.05) is 0 Å². The van der Waals surface area contributed by atoms with Crippen LogP contribution in [0.1, 0.15) is 23.0 Å². The van der Waals surface area contributed by atoms with Gasteiger partial charge in [0.05, 0.1) is 17.6 Å². The quantitative estimate of drug-likeness (QED) is 0.554. The van der Waals surface area contributed by atoms with Crippen molar-refractivity contribution in [3.8, 4) is 0 Å². The average Bonchev–Trinajstić information content (AvgIpc) is 2.41. The van der Waals surface area contributed by atoms with Gasteiger partial charge in [0.2, 0.25) is 0 Å². The minimum atomic E-state index is 0. The Morgan fingerprint density at radius 2 is 2.20 bits per heavy atom. The topological polar surface area (TPSA) is 46.8 Å². The van der Waals surface area contributed by atoms with Crippen molar-refractivity contribution >= 4 is 29.4 Å². The number of pyridine rings is 1. The molecule has 0 amide bonds. The van der Waals surface area contributed by atoms with Crippen LogP contribution >= 0.6 is 11.6 Å². The predicted molar refractivity (Wildman–Crippen MR) is 53.4 cm³/mol. The van der Waals surface area contributed by atoms with E-state index >= 15 is 0 Å². The van der Waals surface area contributed by atoms with Crippen molar-refractivity contribution in [2.45, 2.75) is 6.92 Å². The average molecular weight is 246 g/mol. The number of hydrogen-bond acceptors (Lipinski definition) is 3. The van der Waals surface area contributed by atoms with Gasteiger partial charge < -0.3 is 12.4 Å². The number of fused-ring (bicyclic) bond motifs is 1. The monoisotopic (exact) mass is 245 g/mol. The van der Waals surface area contributed by atoms with Gasteiger partial charge in [-0.05, 0) is 13.0 Å². The number of nitrogens with zero attached hydrogens (tertiary/aromatic N) is 2. The molecule has 0 radical (unpaired) electrons. The smallest absolute Gasteiger partial charge is 0.262 e. The number of carbonyl (C=O) groups is 1. The maximum atomic E-state index is 10.6. The van der Waals surface area contributed by atoms with Crippen LogP contribution in [0.25, 0.3) is 0 Å². The van der Waals surface area contributed by atoms with Gasteiger partial charge in [-0.3, -0.25) is 4.79 Å². The number of aromatic nitrogens is 1. The van der Waals surface area contributed by atoms with Crippen LogP contribution in [-0.4, -0.2) is 24.0 Å². The summed E-state index contributed by atoms with van der Waals surface area (Å²) in [4.78, 5) is 14.8. The summed E-state index contributed by atoms with van der Waals surface area (Å²) in [5, 5.41) is 5.48. The number of nitrogens with one attached hydrogen (secondary N) is 1. The fourth-order valence-corrected chi connectivity index (χ4v) is 1.70. The summed E-state index contributed by atoms with van der Waals surface area (Å²) in [6.07, 6.45) is 0.656. The van der Waals surface area contributed by atoms with Gasteiger partial charge in [-0.1, -0.05) is 16.7 Å². The van der Waals surface area contributed by atoms with Gasteiger partial charge in [0.1, 0.15) is 11.4 Å². The molecule has 1 atom stereocenters. The summed E-state index contributed by atoms with van der Waals surface area (Å²) in [5.41, 5.74) is 2.08. The lowest BCUT2D eigenvalue weighted by Crippen LogP contribution is -3.00. The molecule has 1 aliphatic heterocycles. The van der Waals surface area contributed by atoms with E-state index in [0.717, 1.165) is 22.1 Å². The van der Waals surface area contributed by atoms with Crippen molar-refractivity contribution < 1.29 is 22.2 Å². The SMILES string of the molecule is CC1=N[NH+](C)c2nc(C=O)c(Cl)cc21.[Cl-]. The summed E-state index contributed by atoms with van der Waals surface area (Å²) < 4.78 is 0. The van der Waals surface area contributed by atoms with E-state index in [-0.39, 0.29) is 18.1 Å². The molecule has 15 heavy (non-hydrogen) atoms. The fourth-order valence-electron chi connectivity index (χ4n) is 1.50. The van der Waals surface area contributed by atoms with Gasteiger partial charge in [-0.15, -0.1) is 0 Å². The normalized spacial score (nSPS) is 17.8. The van der Waals surface area contributed by atoms with Crippen molar-refractivity contribution in [3.05, 3.63) is 22.3 Å². The molecule has 0 spiro atoms. The second-order valence-electron chi connectivity index (χ2n) is 3.15. The number of aldehydes is 1. The fraction of sp³-hybridized carbons (Fsp3) is 0.222. The molecule has 0 aliphatic carbocycles. The van der Waals surface area contributed by atoms with Gasteiger partial charge >= 0.3 is 0 Å². The minimum absolute atomic E-state index is 0. The van der Waals surface area contributed by atoms with E-state index in [1.807, 2.05) is 14.0 Å². The molecule has 80 valence electrons. The predicted octanol–water partition coefficient (Wildman–Crippen LogP) is -2.56. The third kappa shape index (κ3) is 1.88. The van der Waals surface area contributed by atoms with Crippen LogP contribution in [0.3, 0.4) is 0 Å². The van der Waals surface area contributed by atoms with Crippen molar-refractivity contribution in [3.63, 3.8) is 0 Å². The second-order valence-corrected chi connectivity index (χ2v) is 3.56. The second kappa shape index (κ2) is 4.26. The number of carbonyl (C=O) groups excluding carboxylic acids is 1. The standard InChI is InChI=1S/C9H8ClN3O.ClH/c1-5-6-3-7(10)8(4-14)11-9(6)13(2)12-5;/h3-4H,1-2H3;1H. The molecule has 1 aromatic heterocycles.